The Balaban J connectivity index is 2.02. The molecule has 0 fully saturated rings. The number of amides is 1. The number of nitrogens with zero attached hydrogens (tertiary/aromatic N) is 3. The summed E-state index contributed by atoms with van der Waals surface area (Å²) < 4.78 is 0. The maximum Gasteiger partial charge on any atom is 0.290 e. The number of Topliss-reactive ketones (excluding diaryl/α,β-unsaturated/α-hetero) is 1. The molecular weight excluding hydrogens is 390 g/mol. The minimum absolute atomic E-state index is 0.128. The molecule has 1 unspecified atom stereocenters. The molecule has 1 aliphatic rings. The van der Waals surface area contributed by atoms with Crippen molar-refractivity contribution in [3.8, 4) is 0 Å². The zero-order valence-electron chi connectivity index (χ0n) is 18.7. The lowest BCUT2D eigenvalue weighted by atomic mass is 9.92. The van der Waals surface area contributed by atoms with E-state index in [9.17, 15) is 14.7 Å². The van der Waals surface area contributed by atoms with Crippen LogP contribution in [0.1, 0.15) is 51.3 Å². The molecule has 1 aromatic heterocycles. The molecule has 164 valence electrons. The Morgan fingerprint density at radius 2 is 1.71 bits per heavy atom. The molecule has 0 radical (unpaired) electrons. The van der Waals surface area contributed by atoms with Gasteiger partial charge in [-0.2, -0.15) is 0 Å². The number of carbonyl (C=O) groups is 2. The summed E-state index contributed by atoms with van der Waals surface area (Å²) in [5.74, 6) is -1.00. The van der Waals surface area contributed by atoms with Crippen molar-refractivity contribution in [3.63, 3.8) is 0 Å². The summed E-state index contributed by atoms with van der Waals surface area (Å²) in [5, 5.41) is 10.7. The van der Waals surface area contributed by atoms with Gasteiger partial charge in [0.2, 0.25) is 0 Å². The van der Waals surface area contributed by atoms with Gasteiger partial charge in [-0.05, 0) is 55.2 Å². The molecule has 6 heteroatoms. The van der Waals surface area contributed by atoms with Crippen molar-refractivity contribution in [2.75, 3.05) is 18.0 Å². The summed E-state index contributed by atoms with van der Waals surface area (Å²) in [5.41, 5.74) is 2.98. The zero-order chi connectivity index (χ0) is 22.5. The SMILES string of the molecule is CCN(CC)c1ccc(C2C(C(=O)CC(C)C)=C(O)C(=O)N2Cc2ccncc2)cc1. The van der Waals surface area contributed by atoms with E-state index < -0.39 is 17.7 Å². The lowest BCUT2D eigenvalue weighted by Gasteiger charge is -2.28. The predicted molar refractivity (Wildman–Crippen MR) is 122 cm³/mol. The number of benzene rings is 1. The smallest absolute Gasteiger partial charge is 0.290 e. The van der Waals surface area contributed by atoms with Gasteiger partial charge in [0.05, 0.1) is 11.6 Å². The molecule has 0 saturated heterocycles. The standard InChI is InChI=1S/C25H31N3O3/c1-5-27(6-2)20-9-7-19(8-10-20)23-22(21(29)15-17(3)4)24(30)25(31)28(23)16-18-11-13-26-14-12-18/h7-14,17,23,30H,5-6,15-16H2,1-4H3. The lowest BCUT2D eigenvalue weighted by molar-refractivity contribution is -0.130. The summed E-state index contributed by atoms with van der Waals surface area (Å²) in [6.07, 6.45) is 3.62. The third-order valence-corrected chi connectivity index (χ3v) is 5.64. The van der Waals surface area contributed by atoms with Crippen molar-refractivity contribution >= 4 is 17.4 Å². The van der Waals surface area contributed by atoms with Crippen LogP contribution in [0, 0.1) is 5.92 Å². The molecule has 31 heavy (non-hydrogen) atoms. The predicted octanol–water partition coefficient (Wildman–Crippen LogP) is 4.44. The van der Waals surface area contributed by atoms with Crippen LogP contribution in [0.4, 0.5) is 5.69 Å². The molecule has 2 aromatic rings. The van der Waals surface area contributed by atoms with E-state index in [1.807, 2.05) is 50.2 Å². The number of anilines is 1. The van der Waals surface area contributed by atoms with Crippen molar-refractivity contribution in [2.24, 2.45) is 5.92 Å². The van der Waals surface area contributed by atoms with Gasteiger partial charge in [0.25, 0.3) is 5.91 Å². The summed E-state index contributed by atoms with van der Waals surface area (Å²) in [6.45, 7) is 10.2. The van der Waals surface area contributed by atoms with E-state index in [0.717, 1.165) is 29.9 Å². The van der Waals surface area contributed by atoms with Crippen LogP contribution in [0.25, 0.3) is 0 Å². The first-order valence-corrected chi connectivity index (χ1v) is 10.9. The number of aromatic nitrogens is 1. The average molecular weight is 422 g/mol. The monoisotopic (exact) mass is 421 g/mol. The molecule has 1 N–H and O–H groups in total. The first-order chi connectivity index (χ1) is 14.9. The Morgan fingerprint density at radius 3 is 2.26 bits per heavy atom. The van der Waals surface area contributed by atoms with E-state index in [4.69, 9.17) is 0 Å². The second-order valence-electron chi connectivity index (χ2n) is 8.24. The van der Waals surface area contributed by atoms with Gasteiger partial charge < -0.3 is 14.9 Å². The summed E-state index contributed by atoms with van der Waals surface area (Å²) >= 11 is 0. The normalized spacial score (nSPS) is 16.4. The van der Waals surface area contributed by atoms with Crippen LogP contribution in [0.2, 0.25) is 0 Å². The molecule has 0 bridgehead atoms. The minimum Gasteiger partial charge on any atom is -0.503 e. The Morgan fingerprint density at radius 1 is 1.10 bits per heavy atom. The summed E-state index contributed by atoms with van der Waals surface area (Å²) in [4.78, 5) is 33.9. The van der Waals surface area contributed by atoms with E-state index in [1.54, 1.807) is 17.3 Å². The second-order valence-corrected chi connectivity index (χ2v) is 8.24. The third-order valence-electron chi connectivity index (χ3n) is 5.64. The van der Waals surface area contributed by atoms with Crippen molar-refractivity contribution in [2.45, 2.75) is 46.7 Å². The van der Waals surface area contributed by atoms with Gasteiger partial charge in [0, 0.05) is 44.1 Å². The molecule has 1 aromatic carbocycles. The fourth-order valence-corrected chi connectivity index (χ4v) is 4.07. The van der Waals surface area contributed by atoms with Crippen LogP contribution >= 0.6 is 0 Å². The second kappa shape index (κ2) is 9.77. The third kappa shape index (κ3) is 4.79. The molecule has 0 saturated carbocycles. The number of hydrogen-bond donors (Lipinski definition) is 1. The van der Waals surface area contributed by atoms with Crippen LogP contribution in [-0.2, 0) is 16.1 Å². The molecule has 1 amide bonds. The van der Waals surface area contributed by atoms with Gasteiger partial charge in [-0.1, -0.05) is 26.0 Å². The zero-order valence-corrected chi connectivity index (χ0v) is 18.7. The number of rotatable bonds is 9. The van der Waals surface area contributed by atoms with E-state index in [1.165, 1.54) is 0 Å². The van der Waals surface area contributed by atoms with E-state index in [-0.39, 0.29) is 30.2 Å². The van der Waals surface area contributed by atoms with Crippen LogP contribution in [-0.4, -0.2) is 39.8 Å². The van der Waals surface area contributed by atoms with Gasteiger partial charge in [-0.25, -0.2) is 0 Å². The highest BCUT2D eigenvalue weighted by molar-refractivity contribution is 6.09. The highest BCUT2D eigenvalue weighted by atomic mass is 16.3. The van der Waals surface area contributed by atoms with Crippen LogP contribution in [0.15, 0.2) is 60.1 Å². The summed E-state index contributed by atoms with van der Waals surface area (Å²) in [7, 11) is 0. The molecule has 1 atom stereocenters. The highest BCUT2D eigenvalue weighted by Crippen LogP contribution is 2.40. The van der Waals surface area contributed by atoms with E-state index in [0.29, 0.717) is 0 Å². The Bertz CT molecular complexity index is 948. The van der Waals surface area contributed by atoms with Crippen LogP contribution < -0.4 is 4.90 Å². The Kier molecular flexibility index (Phi) is 7.10. The van der Waals surface area contributed by atoms with Gasteiger partial charge in [0.1, 0.15) is 0 Å². The Labute approximate surface area is 184 Å². The fourth-order valence-electron chi connectivity index (χ4n) is 4.07. The molecule has 2 heterocycles. The number of ketones is 1. The molecule has 0 aliphatic carbocycles. The van der Waals surface area contributed by atoms with E-state index >= 15 is 0 Å². The Hall–Kier alpha value is -3.15. The van der Waals surface area contributed by atoms with Crippen LogP contribution in [0.5, 0.6) is 0 Å². The van der Waals surface area contributed by atoms with Crippen molar-refractivity contribution in [1.82, 2.24) is 9.88 Å². The summed E-state index contributed by atoms with van der Waals surface area (Å²) in [6, 6.07) is 11.0. The van der Waals surface area contributed by atoms with Gasteiger partial charge in [0.15, 0.2) is 11.5 Å². The van der Waals surface area contributed by atoms with Gasteiger partial charge in [-0.15, -0.1) is 0 Å². The first-order valence-electron chi connectivity index (χ1n) is 10.9. The van der Waals surface area contributed by atoms with Crippen molar-refractivity contribution < 1.29 is 14.7 Å². The quantitative estimate of drug-likeness (QED) is 0.648. The van der Waals surface area contributed by atoms with Crippen molar-refractivity contribution in [1.29, 1.82) is 0 Å². The largest absolute Gasteiger partial charge is 0.503 e. The number of pyridine rings is 1. The molecule has 6 nitrogen and oxygen atoms in total. The lowest BCUT2D eigenvalue weighted by Crippen LogP contribution is -2.31. The highest BCUT2D eigenvalue weighted by Gasteiger charge is 2.43. The molecule has 0 spiro atoms. The minimum atomic E-state index is -0.613. The number of aliphatic hydroxyl groups excluding tert-OH is 1. The molecule has 3 rings (SSSR count). The van der Waals surface area contributed by atoms with Crippen molar-refractivity contribution in [3.05, 3.63) is 71.3 Å². The van der Waals surface area contributed by atoms with Crippen LogP contribution in [0.3, 0.4) is 0 Å². The van der Waals surface area contributed by atoms with Gasteiger partial charge >= 0.3 is 0 Å². The topological polar surface area (TPSA) is 73.7 Å². The number of hydrogen-bond acceptors (Lipinski definition) is 5. The van der Waals surface area contributed by atoms with E-state index in [2.05, 4.69) is 23.7 Å². The number of carbonyl (C=O) groups excluding carboxylic acids is 2. The maximum absolute atomic E-state index is 13.0. The molecule has 1 aliphatic heterocycles. The fraction of sp³-hybridized carbons (Fsp3) is 0.400. The average Bonchev–Trinajstić information content (AvgIpc) is 3.00. The number of aliphatic hydroxyl groups is 1. The van der Waals surface area contributed by atoms with Gasteiger partial charge in [-0.3, -0.25) is 14.6 Å². The first kappa shape index (κ1) is 22.5. The maximum atomic E-state index is 13.0. The molecular formula is C25H31N3O3.